The second-order valence-corrected chi connectivity index (χ2v) is 6.51. The van der Waals surface area contributed by atoms with Gasteiger partial charge in [-0.1, -0.05) is 6.07 Å². The maximum atomic E-state index is 4.58. The minimum Gasteiger partial charge on any atom is -0.366 e. The average Bonchev–Trinajstić information content (AvgIpc) is 2.56. The van der Waals surface area contributed by atoms with Gasteiger partial charge in [0.1, 0.15) is 0 Å². The molecule has 0 saturated heterocycles. The van der Waals surface area contributed by atoms with Crippen molar-refractivity contribution in [3.63, 3.8) is 0 Å². The molecule has 0 radical (unpaired) electrons. The van der Waals surface area contributed by atoms with Crippen LogP contribution >= 0.6 is 11.8 Å². The van der Waals surface area contributed by atoms with E-state index in [2.05, 4.69) is 78.6 Å². The predicted molar refractivity (Wildman–Crippen MR) is 104 cm³/mol. The van der Waals surface area contributed by atoms with Gasteiger partial charge in [-0.15, -0.1) is 11.8 Å². The lowest BCUT2D eigenvalue weighted by Gasteiger charge is -2.14. The molecular weight excluding hydrogens is 302 g/mol. The van der Waals surface area contributed by atoms with Crippen LogP contribution in [0.4, 0.5) is 17.1 Å². The fraction of sp³-hybridized carbons (Fsp3) is 0.316. The first-order chi connectivity index (χ1) is 11.0. The molecular formula is C19H25N3S. The molecule has 0 saturated carbocycles. The normalized spacial score (nSPS) is 11.0. The van der Waals surface area contributed by atoms with Gasteiger partial charge in [-0.2, -0.15) is 0 Å². The molecule has 0 aromatic heterocycles. The van der Waals surface area contributed by atoms with Gasteiger partial charge in [0, 0.05) is 29.9 Å². The molecule has 2 rings (SSSR count). The number of thioether (sulfide) groups is 1. The Bertz CT molecular complexity index is 695. The summed E-state index contributed by atoms with van der Waals surface area (Å²) in [4.78, 5) is 7.90. The summed E-state index contributed by atoms with van der Waals surface area (Å²) in [5.41, 5.74) is 5.62. The highest BCUT2D eigenvalue weighted by Crippen LogP contribution is 2.29. The Labute approximate surface area is 143 Å². The van der Waals surface area contributed by atoms with Crippen LogP contribution in [0.1, 0.15) is 18.1 Å². The van der Waals surface area contributed by atoms with E-state index in [9.17, 15) is 0 Å². The molecule has 0 atom stereocenters. The molecule has 0 fully saturated rings. The third-order valence-corrected chi connectivity index (χ3v) is 4.51. The molecule has 0 aliphatic rings. The van der Waals surface area contributed by atoms with Crippen LogP contribution in [0.25, 0.3) is 0 Å². The summed E-state index contributed by atoms with van der Waals surface area (Å²) in [6.07, 6.45) is 3.98. The number of rotatable bonds is 6. The molecule has 0 aliphatic carbocycles. The Morgan fingerprint density at radius 2 is 1.96 bits per heavy atom. The number of aliphatic imine (C=N–C) groups is 1. The van der Waals surface area contributed by atoms with Crippen molar-refractivity contribution in [2.75, 3.05) is 25.2 Å². The molecule has 4 heteroatoms. The number of anilines is 2. The summed E-state index contributed by atoms with van der Waals surface area (Å²) in [6, 6.07) is 12.8. The first-order valence-electron chi connectivity index (χ1n) is 7.80. The zero-order valence-electron chi connectivity index (χ0n) is 14.6. The molecule has 0 unspecified atom stereocenters. The van der Waals surface area contributed by atoms with Gasteiger partial charge in [0.25, 0.3) is 0 Å². The maximum Gasteiger partial charge on any atom is 0.0909 e. The fourth-order valence-electron chi connectivity index (χ4n) is 2.17. The monoisotopic (exact) mass is 327 g/mol. The van der Waals surface area contributed by atoms with Crippen LogP contribution in [0.5, 0.6) is 0 Å². The lowest BCUT2D eigenvalue weighted by atomic mass is 10.1. The third-order valence-electron chi connectivity index (χ3n) is 3.78. The van der Waals surface area contributed by atoms with Crippen LogP contribution in [0.3, 0.4) is 0 Å². The van der Waals surface area contributed by atoms with E-state index in [0.29, 0.717) is 0 Å². The second-order valence-electron chi connectivity index (χ2n) is 5.63. The van der Waals surface area contributed by atoms with Gasteiger partial charge in [-0.25, -0.2) is 4.99 Å². The van der Waals surface area contributed by atoms with Crippen molar-refractivity contribution in [2.45, 2.75) is 25.7 Å². The van der Waals surface area contributed by atoms with Crippen LogP contribution < -0.4 is 5.32 Å². The highest BCUT2D eigenvalue weighted by atomic mass is 32.2. The number of hydrogen-bond donors (Lipinski definition) is 1. The van der Waals surface area contributed by atoms with Crippen molar-refractivity contribution in [1.82, 2.24) is 4.90 Å². The van der Waals surface area contributed by atoms with Crippen molar-refractivity contribution in [2.24, 2.45) is 4.99 Å². The van der Waals surface area contributed by atoms with Crippen molar-refractivity contribution in [3.8, 4) is 0 Å². The van der Waals surface area contributed by atoms with E-state index in [0.717, 1.165) is 23.6 Å². The summed E-state index contributed by atoms with van der Waals surface area (Å²) in [5, 5.41) is 3.52. The van der Waals surface area contributed by atoms with E-state index in [1.54, 1.807) is 11.8 Å². The van der Waals surface area contributed by atoms with Gasteiger partial charge in [-0.3, -0.25) is 0 Å². The van der Waals surface area contributed by atoms with Crippen LogP contribution in [-0.2, 0) is 0 Å². The van der Waals surface area contributed by atoms with E-state index >= 15 is 0 Å². The van der Waals surface area contributed by atoms with Crippen molar-refractivity contribution in [3.05, 3.63) is 47.5 Å². The van der Waals surface area contributed by atoms with Crippen molar-refractivity contribution >= 4 is 35.2 Å². The fourth-order valence-corrected chi connectivity index (χ4v) is 2.63. The zero-order chi connectivity index (χ0) is 16.8. The Balaban J connectivity index is 2.24. The Hall–Kier alpha value is -1.94. The first kappa shape index (κ1) is 17.4. The Morgan fingerprint density at radius 1 is 1.17 bits per heavy atom. The van der Waals surface area contributed by atoms with Gasteiger partial charge in [0.05, 0.1) is 12.0 Å². The number of nitrogens with zero attached hydrogens (tertiary/aromatic N) is 2. The van der Waals surface area contributed by atoms with E-state index in [1.807, 2.05) is 13.4 Å². The minimum atomic E-state index is 0.951. The smallest absolute Gasteiger partial charge is 0.0909 e. The highest BCUT2D eigenvalue weighted by molar-refractivity contribution is 7.98. The van der Waals surface area contributed by atoms with E-state index in [-0.39, 0.29) is 0 Å². The van der Waals surface area contributed by atoms with Crippen LogP contribution in [-0.4, -0.2) is 31.1 Å². The minimum absolute atomic E-state index is 0.951. The SMILES string of the molecule is CCN(C)C=Nc1cc(C)c(Nc2cccc(SC)c2)cc1C. The Kier molecular flexibility index (Phi) is 6.11. The quantitative estimate of drug-likeness (QED) is 0.438. The number of hydrogen-bond acceptors (Lipinski definition) is 3. The molecule has 0 amide bonds. The first-order valence-corrected chi connectivity index (χ1v) is 9.02. The maximum absolute atomic E-state index is 4.58. The molecule has 0 spiro atoms. The molecule has 2 aromatic rings. The standard InChI is InChI=1S/C19H25N3S/c1-6-22(4)13-20-18-10-15(3)19(11-14(18)2)21-16-8-7-9-17(12-16)23-5/h7-13,21H,6H2,1-5H3. The average molecular weight is 327 g/mol. The molecule has 23 heavy (non-hydrogen) atoms. The number of nitrogens with one attached hydrogen (secondary N) is 1. The Morgan fingerprint density at radius 3 is 2.65 bits per heavy atom. The summed E-state index contributed by atoms with van der Waals surface area (Å²) >= 11 is 1.75. The summed E-state index contributed by atoms with van der Waals surface area (Å²) in [5.74, 6) is 0. The van der Waals surface area contributed by atoms with E-state index < -0.39 is 0 Å². The van der Waals surface area contributed by atoms with E-state index in [1.165, 1.54) is 16.0 Å². The van der Waals surface area contributed by atoms with Gasteiger partial charge < -0.3 is 10.2 Å². The van der Waals surface area contributed by atoms with Crippen LogP contribution in [0.2, 0.25) is 0 Å². The lowest BCUT2D eigenvalue weighted by molar-refractivity contribution is 0.552. The summed E-state index contributed by atoms with van der Waals surface area (Å²) in [7, 11) is 2.03. The van der Waals surface area contributed by atoms with Crippen molar-refractivity contribution in [1.29, 1.82) is 0 Å². The number of benzene rings is 2. The summed E-state index contributed by atoms with van der Waals surface area (Å²) in [6.45, 7) is 7.27. The molecule has 0 heterocycles. The molecule has 0 aliphatic heterocycles. The van der Waals surface area contributed by atoms with Crippen LogP contribution in [0, 0.1) is 13.8 Å². The van der Waals surface area contributed by atoms with Crippen molar-refractivity contribution < 1.29 is 0 Å². The second kappa shape index (κ2) is 8.06. The lowest BCUT2D eigenvalue weighted by Crippen LogP contribution is -2.14. The third kappa shape index (κ3) is 4.76. The molecule has 3 nitrogen and oxygen atoms in total. The summed E-state index contributed by atoms with van der Waals surface area (Å²) < 4.78 is 0. The molecule has 0 bridgehead atoms. The van der Waals surface area contributed by atoms with Gasteiger partial charge in [0.2, 0.25) is 0 Å². The van der Waals surface area contributed by atoms with Crippen LogP contribution in [0.15, 0.2) is 46.3 Å². The van der Waals surface area contributed by atoms with E-state index in [4.69, 9.17) is 0 Å². The molecule has 122 valence electrons. The predicted octanol–water partition coefficient (Wildman–Crippen LogP) is 5.38. The number of aryl methyl sites for hydroxylation is 2. The largest absolute Gasteiger partial charge is 0.366 e. The highest BCUT2D eigenvalue weighted by Gasteiger charge is 2.05. The topological polar surface area (TPSA) is 27.6 Å². The van der Waals surface area contributed by atoms with Gasteiger partial charge in [-0.05, 0) is 68.5 Å². The van der Waals surface area contributed by atoms with Gasteiger partial charge in [0.15, 0.2) is 0 Å². The zero-order valence-corrected chi connectivity index (χ0v) is 15.4. The molecule has 1 N–H and O–H groups in total. The van der Waals surface area contributed by atoms with Gasteiger partial charge >= 0.3 is 0 Å². The molecule has 2 aromatic carbocycles.